The number of rotatable bonds is 7. The van der Waals surface area contributed by atoms with Gasteiger partial charge in [0, 0.05) is 15.4 Å². The molecule has 0 fully saturated rings. The third-order valence-electron chi connectivity index (χ3n) is 3.59. The van der Waals surface area contributed by atoms with Gasteiger partial charge in [-0.2, -0.15) is 0 Å². The van der Waals surface area contributed by atoms with Gasteiger partial charge in [-0.25, -0.2) is 9.59 Å². The van der Waals surface area contributed by atoms with E-state index in [2.05, 4.69) is 31.9 Å². The minimum atomic E-state index is -0.403. The Bertz CT molecular complexity index is 746. The molecule has 0 saturated carbocycles. The van der Waals surface area contributed by atoms with Gasteiger partial charge < -0.3 is 9.47 Å². The Kier molecular flexibility index (Phi) is 7.65. The van der Waals surface area contributed by atoms with Gasteiger partial charge in [0.15, 0.2) is 0 Å². The molecule has 1 unspecified atom stereocenters. The van der Waals surface area contributed by atoms with Crippen molar-refractivity contribution in [2.45, 2.75) is 25.9 Å². The van der Waals surface area contributed by atoms with Crippen LogP contribution in [-0.4, -0.2) is 24.6 Å². The van der Waals surface area contributed by atoms with Crippen molar-refractivity contribution >= 4 is 43.8 Å². The molecule has 2 rings (SSSR count). The molecule has 6 heteroatoms. The third-order valence-corrected chi connectivity index (χ3v) is 4.97. The summed E-state index contributed by atoms with van der Waals surface area (Å²) in [6.45, 7) is 2.11. The predicted molar refractivity (Wildman–Crippen MR) is 103 cm³/mol. The van der Waals surface area contributed by atoms with Crippen molar-refractivity contribution < 1.29 is 19.1 Å². The molecule has 0 aliphatic carbocycles. The summed E-state index contributed by atoms with van der Waals surface area (Å²) >= 11 is 6.66. The maximum absolute atomic E-state index is 12.2. The zero-order valence-electron chi connectivity index (χ0n) is 13.7. The summed E-state index contributed by atoms with van der Waals surface area (Å²) in [6, 6.07) is 14.2. The van der Waals surface area contributed by atoms with E-state index in [1.54, 1.807) is 36.4 Å². The van der Waals surface area contributed by atoms with Crippen molar-refractivity contribution in [2.24, 2.45) is 0 Å². The van der Waals surface area contributed by atoms with Gasteiger partial charge in [0.25, 0.3) is 0 Å². The lowest BCUT2D eigenvalue weighted by Gasteiger charge is -2.17. The highest BCUT2D eigenvalue weighted by atomic mass is 79.9. The van der Waals surface area contributed by atoms with Gasteiger partial charge in [0.2, 0.25) is 0 Å². The molecule has 2 aromatic carbocycles. The van der Waals surface area contributed by atoms with Crippen molar-refractivity contribution in [2.75, 3.05) is 6.61 Å². The summed E-state index contributed by atoms with van der Waals surface area (Å²) in [5.41, 5.74) is 0.951. The molecule has 1 atom stereocenters. The first kappa shape index (κ1) is 19.7. The number of halogens is 2. The first-order chi connectivity index (χ1) is 12.0. The lowest BCUT2D eigenvalue weighted by molar-refractivity contribution is 0.0176. The van der Waals surface area contributed by atoms with Crippen LogP contribution in [0.1, 0.15) is 40.5 Å². The number of carbonyl (C=O) groups excluding carboxylic acids is 2. The van der Waals surface area contributed by atoms with Crippen LogP contribution in [0.4, 0.5) is 0 Å². The molecule has 0 amide bonds. The van der Waals surface area contributed by atoms with Crippen molar-refractivity contribution in [3.05, 3.63) is 68.6 Å². The Morgan fingerprint density at radius 1 is 0.920 bits per heavy atom. The van der Waals surface area contributed by atoms with E-state index in [4.69, 9.17) is 9.47 Å². The van der Waals surface area contributed by atoms with Crippen molar-refractivity contribution in [3.63, 3.8) is 0 Å². The molecule has 0 N–H and O–H groups in total. The van der Waals surface area contributed by atoms with Crippen LogP contribution in [0.5, 0.6) is 0 Å². The van der Waals surface area contributed by atoms with E-state index in [-0.39, 0.29) is 12.7 Å². The molecular weight excluding hydrogens is 452 g/mol. The second kappa shape index (κ2) is 9.73. The van der Waals surface area contributed by atoms with Crippen molar-refractivity contribution in [3.8, 4) is 0 Å². The van der Waals surface area contributed by atoms with Gasteiger partial charge >= 0.3 is 11.9 Å². The molecule has 4 nitrogen and oxygen atoms in total. The maximum Gasteiger partial charge on any atom is 0.339 e. The second-order valence-electron chi connectivity index (χ2n) is 5.32. The Labute approximate surface area is 163 Å². The van der Waals surface area contributed by atoms with E-state index in [0.717, 1.165) is 0 Å². The van der Waals surface area contributed by atoms with Gasteiger partial charge in [-0.3, -0.25) is 0 Å². The minimum Gasteiger partial charge on any atom is -0.462 e. The second-order valence-corrected chi connectivity index (χ2v) is 7.03. The zero-order chi connectivity index (χ0) is 18.2. The molecule has 0 spiro atoms. The average Bonchev–Trinajstić information content (AvgIpc) is 2.61. The highest BCUT2D eigenvalue weighted by Gasteiger charge is 2.18. The van der Waals surface area contributed by atoms with Crippen LogP contribution in [0, 0.1) is 0 Å². The standard InChI is InChI=1S/C19H18Br2O4/c1-2-13(25-19(23)15-8-4-6-10-17(15)21)11-12-24-18(22)14-7-3-5-9-16(14)20/h3-10,13H,2,11-12H2,1H3. The topological polar surface area (TPSA) is 52.6 Å². The fourth-order valence-electron chi connectivity index (χ4n) is 2.18. The summed E-state index contributed by atoms with van der Waals surface area (Å²) in [5, 5.41) is 0. The van der Waals surface area contributed by atoms with Gasteiger partial charge in [0.05, 0.1) is 17.7 Å². The highest BCUT2D eigenvalue weighted by molar-refractivity contribution is 9.10. The van der Waals surface area contributed by atoms with Gasteiger partial charge in [0.1, 0.15) is 6.10 Å². The van der Waals surface area contributed by atoms with Crippen LogP contribution in [0.15, 0.2) is 57.5 Å². The van der Waals surface area contributed by atoms with E-state index in [0.29, 0.717) is 32.9 Å². The van der Waals surface area contributed by atoms with Crippen LogP contribution in [0.2, 0.25) is 0 Å². The summed E-state index contributed by atoms with van der Waals surface area (Å²) in [5.74, 6) is -0.795. The molecule has 0 heterocycles. The molecule has 0 aliphatic rings. The molecule has 0 bridgehead atoms. The Hall–Kier alpha value is -1.66. The van der Waals surface area contributed by atoms with E-state index in [1.165, 1.54) is 0 Å². The summed E-state index contributed by atoms with van der Waals surface area (Å²) < 4.78 is 12.2. The van der Waals surface area contributed by atoms with Crippen molar-refractivity contribution in [1.29, 1.82) is 0 Å². The molecule has 0 radical (unpaired) electrons. The highest BCUT2D eigenvalue weighted by Crippen LogP contribution is 2.19. The Morgan fingerprint density at radius 3 is 1.96 bits per heavy atom. The molecule has 0 saturated heterocycles. The smallest absolute Gasteiger partial charge is 0.339 e. The summed E-state index contributed by atoms with van der Waals surface area (Å²) in [7, 11) is 0. The number of benzene rings is 2. The van der Waals surface area contributed by atoms with Crippen LogP contribution in [0.25, 0.3) is 0 Å². The Balaban J connectivity index is 1.86. The number of hydrogen-bond donors (Lipinski definition) is 0. The van der Waals surface area contributed by atoms with E-state index in [1.807, 2.05) is 19.1 Å². The van der Waals surface area contributed by atoms with Gasteiger partial charge in [-0.05, 0) is 62.5 Å². The fraction of sp³-hybridized carbons (Fsp3) is 0.263. The number of esters is 2. The normalized spacial score (nSPS) is 11.6. The third kappa shape index (κ3) is 5.68. The van der Waals surface area contributed by atoms with Crippen LogP contribution in [-0.2, 0) is 9.47 Å². The molecular formula is C19H18Br2O4. The van der Waals surface area contributed by atoms with Crippen LogP contribution >= 0.6 is 31.9 Å². The van der Waals surface area contributed by atoms with E-state index < -0.39 is 11.9 Å². The number of ether oxygens (including phenoxy) is 2. The maximum atomic E-state index is 12.2. The zero-order valence-corrected chi connectivity index (χ0v) is 16.9. The molecule has 25 heavy (non-hydrogen) atoms. The molecule has 0 aliphatic heterocycles. The largest absolute Gasteiger partial charge is 0.462 e. The Morgan fingerprint density at radius 2 is 1.44 bits per heavy atom. The molecule has 132 valence electrons. The summed E-state index contributed by atoms with van der Waals surface area (Å²) in [6.07, 6.45) is 0.776. The number of hydrogen-bond acceptors (Lipinski definition) is 4. The molecule has 0 aromatic heterocycles. The van der Waals surface area contributed by atoms with Gasteiger partial charge in [-0.1, -0.05) is 31.2 Å². The fourth-order valence-corrected chi connectivity index (χ4v) is 3.07. The monoisotopic (exact) mass is 468 g/mol. The van der Waals surface area contributed by atoms with Crippen molar-refractivity contribution in [1.82, 2.24) is 0 Å². The lowest BCUT2D eigenvalue weighted by Crippen LogP contribution is -2.20. The number of carbonyl (C=O) groups is 2. The molecule has 2 aromatic rings. The van der Waals surface area contributed by atoms with Crippen LogP contribution < -0.4 is 0 Å². The first-order valence-electron chi connectivity index (χ1n) is 7.90. The van der Waals surface area contributed by atoms with E-state index in [9.17, 15) is 9.59 Å². The first-order valence-corrected chi connectivity index (χ1v) is 9.48. The minimum absolute atomic E-state index is 0.182. The SMILES string of the molecule is CCC(CCOC(=O)c1ccccc1Br)OC(=O)c1ccccc1Br. The average molecular weight is 470 g/mol. The summed E-state index contributed by atoms with van der Waals surface area (Å²) in [4.78, 5) is 24.3. The van der Waals surface area contributed by atoms with Gasteiger partial charge in [-0.15, -0.1) is 0 Å². The quantitative estimate of drug-likeness (QED) is 0.510. The van der Waals surface area contributed by atoms with Crippen LogP contribution in [0.3, 0.4) is 0 Å². The predicted octanol–water partition coefficient (Wildman–Crippen LogP) is 5.39. The lowest BCUT2D eigenvalue weighted by atomic mass is 10.2. The van der Waals surface area contributed by atoms with E-state index >= 15 is 0 Å².